The standard InChI is InChI=1S/C13H15N3O3/c17-13(14-9-10-4-1-2-5-10)15-11-6-3-7-12(8-11)16(18)19/h3,6-9H,1-2,4-5H2,(H2,14,15,17). The third-order valence-corrected chi connectivity index (χ3v) is 2.97. The lowest BCUT2D eigenvalue weighted by Crippen LogP contribution is -2.24. The smallest absolute Gasteiger partial charge is 0.314 e. The lowest BCUT2D eigenvalue weighted by molar-refractivity contribution is -0.384. The molecule has 6 heteroatoms. The van der Waals surface area contributed by atoms with E-state index in [0.29, 0.717) is 5.69 Å². The number of carbonyl (C=O) groups is 1. The predicted octanol–water partition coefficient (Wildman–Crippen LogP) is 3.17. The van der Waals surface area contributed by atoms with Crippen LogP contribution in [0, 0.1) is 10.1 Å². The van der Waals surface area contributed by atoms with Crippen LogP contribution in [0.5, 0.6) is 0 Å². The second-order valence-electron chi connectivity index (χ2n) is 4.42. The number of benzene rings is 1. The second-order valence-corrected chi connectivity index (χ2v) is 4.42. The van der Waals surface area contributed by atoms with Crippen molar-refractivity contribution in [3.8, 4) is 0 Å². The summed E-state index contributed by atoms with van der Waals surface area (Å²) >= 11 is 0. The van der Waals surface area contributed by atoms with E-state index in [2.05, 4.69) is 10.6 Å². The SMILES string of the molecule is O=C(NC=C1CCCC1)Nc1cccc([N+](=O)[O-])c1. The van der Waals surface area contributed by atoms with Crippen molar-refractivity contribution in [1.82, 2.24) is 5.32 Å². The highest BCUT2D eigenvalue weighted by atomic mass is 16.6. The van der Waals surface area contributed by atoms with Crippen molar-refractivity contribution in [3.63, 3.8) is 0 Å². The Kier molecular flexibility index (Phi) is 4.12. The van der Waals surface area contributed by atoms with Gasteiger partial charge in [-0.15, -0.1) is 0 Å². The average Bonchev–Trinajstić information content (AvgIpc) is 2.90. The van der Waals surface area contributed by atoms with Crippen molar-refractivity contribution in [1.29, 1.82) is 0 Å². The van der Waals surface area contributed by atoms with Crippen molar-refractivity contribution in [2.24, 2.45) is 0 Å². The molecule has 0 heterocycles. The zero-order chi connectivity index (χ0) is 13.7. The molecule has 1 aliphatic carbocycles. The Balaban J connectivity index is 1.93. The summed E-state index contributed by atoms with van der Waals surface area (Å²) in [6, 6.07) is 5.45. The normalized spacial score (nSPS) is 14.0. The largest absolute Gasteiger partial charge is 0.323 e. The first-order valence-corrected chi connectivity index (χ1v) is 6.15. The van der Waals surface area contributed by atoms with Gasteiger partial charge in [-0.2, -0.15) is 0 Å². The van der Waals surface area contributed by atoms with Gasteiger partial charge in [0.2, 0.25) is 0 Å². The Labute approximate surface area is 110 Å². The van der Waals surface area contributed by atoms with E-state index < -0.39 is 4.92 Å². The molecule has 0 aliphatic heterocycles. The Bertz CT molecular complexity index is 518. The number of carbonyl (C=O) groups excluding carboxylic acids is 1. The average molecular weight is 261 g/mol. The minimum Gasteiger partial charge on any atom is -0.314 e. The molecule has 1 fully saturated rings. The maximum Gasteiger partial charge on any atom is 0.323 e. The lowest BCUT2D eigenvalue weighted by atomic mass is 10.2. The molecule has 0 bridgehead atoms. The molecular formula is C13H15N3O3. The number of anilines is 1. The minimum atomic E-state index is -0.496. The fourth-order valence-corrected chi connectivity index (χ4v) is 2.01. The number of allylic oxidation sites excluding steroid dienone is 1. The number of non-ortho nitro benzene ring substituents is 1. The maximum atomic E-state index is 11.6. The van der Waals surface area contributed by atoms with Gasteiger partial charge in [-0.25, -0.2) is 4.79 Å². The first-order chi connectivity index (χ1) is 9.15. The summed E-state index contributed by atoms with van der Waals surface area (Å²) < 4.78 is 0. The first-order valence-electron chi connectivity index (χ1n) is 6.15. The van der Waals surface area contributed by atoms with Gasteiger partial charge < -0.3 is 10.6 Å². The zero-order valence-electron chi connectivity index (χ0n) is 10.4. The van der Waals surface area contributed by atoms with Gasteiger partial charge in [0.1, 0.15) is 0 Å². The number of hydrogen-bond donors (Lipinski definition) is 2. The quantitative estimate of drug-likeness (QED) is 0.647. The van der Waals surface area contributed by atoms with E-state index in [9.17, 15) is 14.9 Å². The van der Waals surface area contributed by atoms with Crippen LogP contribution >= 0.6 is 0 Å². The molecule has 0 atom stereocenters. The molecule has 2 amide bonds. The molecule has 0 unspecified atom stereocenters. The van der Waals surface area contributed by atoms with Crippen LogP contribution < -0.4 is 10.6 Å². The molecule has 2 rings (SSSR count). The number of nitrogens with one attached hydrogen (secondary N) is 2. The van der Waals surface area contributed by atoms with E-state index in [-0.39, 0.29) is 11.7 Å². The summed E-state index contributed by atoms with van der Waals surface area (Å²) in [4.78, 5) is 21.7. The highest BCUT2D eigenvalue weighted by Crippen LogP contribution is 2.22. The Morgan fingerprint density at radius 1 is 1.32 bits per heavy atom. The molecule has 0 spiro atoms. The number of nitrogens with zero attached hydrogens (tertiary/aromatic N) is 1. The third kappa shape index (κ3) is 3.80. The van der Waals surface area contributed by atoms with Gasteiger partial charge in [-0.05, 0) is 31.7 Å². The lowest BCUT2D eigenvalue weighted by Gasteiger charge is -2.05. The van der Waals surface area contributed by atoms with Crippen molar-refractivity contribution < 1.29 is 9.72 Å². The van der Waals surface area contributed by atoms with Crippen molar-refractivity contribution in [2.75, 3.05) is 5.32 Å². The number of nitro groups is 1. The number of urea groups is 1. The fraction of sp³-hybridized carbons (Fsp3) is 0.308. The van der Waals surface area contributed by atoms with Crippen LogP contribution in [0.1, 0.15) is 25.7 Å². The van der Waals surface area contributed by atoms with Gasteiger partial charge >= 0.3 is 6.03 Å². The van der Waals surface area contributed by atoms with Crippen LogP contribution in [0.25, 0.3) is 0 Å². The molecule has 100 valence electrons. The van der Waals surface area contributed by atoms with Crippen molar-refractivity contribution in [3.05, 3.63) is 46.2 Å². The van der Waals surface area contributed by atoms with Crippen LogP contribution in [0.2, 0.25) is 0 Å². The van der Waals surface area contributed by atoms with Gasteiger partial charge in [0.15, 0.2) is 0 Å². The molecular weight excluding hydrogens is 246 g/mol. The number of hydrogen-bond acceptors (Lipinski definition) is 3. The van der Waals surface area contributed by atoms with Crippen LogP contribution in [-0.2, 0) is 0 Å². The maximum absolute atomic E-state index is 11.6. The first kappa shape index (κ1) is 13.1. The van der Waals surface area contributed by atoms with Crippen LogP contribution in [-0.4, -0.2) is 11.0 Å². The van der Waals surface area contributed by atoms with Gasteiger partial charge in [0.05, 0.1) is 4.92 Å². The molecule has 2 N–H and O–H groups in total. The van der Waals surface area contributed by atoms with Gasteiger partial charge in [-0.1, -0.05) is 11.6 Å². The second kappa shape index (κ2) is 5.99. The molecule has 0 radical (unpaired) electrons. The molecule has 0 saturated heterocycles. The number of rotatable bonds is 3. The van der Waals surface area contributed by atoms with Crippen molar-refractivity contribution in [2.45, 2.75) is 25.7 Å². The summed E-state index contributed by atoms with van der Waals surface area (Å²) in [7, 11) is 0. The summed E-state index contributed by atoms with van der Waals surface area (Å²) in [6.45, 7) is 0. The molecule has 1 aliphatic rings. The van der Waals surface area contributed by atoms with Gasteiger partial charge in [0.25, 0.3) is 5.69 Å². The van der Waals surface area contributed by atoms with Crippen molar-refractivity contribution >= 4 is 17.4 Å². The zero-order valence-corrected chi connectivity index (χ0v) is 10.4. The highest BCUT2D eigenvalue weighted by Gasteiger charge is 2.09. The van der Waals surface area contributed by atoms with Gasteiger partial charge in [0, 0.05) is 24.0 Å². The third-order valence-electron chi connectivity index (χ3n) is 2.97. The summed E-state index contributed by atoms with van der Waals surface area (Å²) in [5, 5.41) is 15.8. The van der Waals surface area contributed by atoms with E-state index >= 15 is 0 Å². The molecule has 0 aromatic heterocycles. The number of nitro benzene ring substituents is 1. The van der Waals surface area contributed by atoms with Crippen LogP contribution in [0.4, 0.5) is 16.2 Å². The van der Waals surface area contributed by atoms with E-state index in [4.69, 9.17) is 0 Å². The van der Waals surface area contributed by atoms with E-state index in [1.807, 2.05) is 0 Å². The predicted molar refractivity (Wildman–Crippen MR) is 71.8 cm³/mol. The summed E-state index contributed by atoms with van der Waals surface area (Å²) in [5.41, 5.74) is 1.58. The molecule has 6 nitrogen and oxygen atoms in total. The van der Waals surface area contributed by atoms with Gasteiger partial charge in [-0.3, -0.25) is 10.1 Å². The molecule has 1 aromatic rings. The summed E-state index contributed by atoms with van der Waals surface area (Å²) in [6.07, 6.45) is 6.11. The summed E-state index contributed by atoms with van der Waals surface area (Å²) in [5.74, 6) is 0. The molecule has 1 saturated carbocycles. The Morgan fingerprint density at radius 2 is 2.05 bits per heavy atom. The minimum absolute atomic E-state index is 0.0491. The number of amides is 2. The molecule has 1 aromatic carbocycles. The monoisotopic (exact) mass is 261 g/mol. The fourth-order valence-electron chi connectivity index (χ4n) is 2.01. The highest BCUT2D eigenvalue weighted by molar-refractivity contribution is 5.90. The van der Waals surface area contributed by atoms with Crippen LogP contribution in [0.15, 0.2) is 36.0 Å². The topological polar surface area (TPSA) is 84.3 Å². The Hall–Kier alpha value is -2.37. The Morgan fingerprint density at radius 3 is 2.74 bits per heavy atom. The van der Waals surface area contributed by atoms with E-state index in [1.54, 1.807) is 12.3 Å². The van der Waals surface area contributed by atoms with Crippen LogP contribution in [0.3, 0.4) is 0 Å². The van der Waals surface area contributed by atoms with E-state index in [0.717, 1.165) is 12.8 Å². The van der Waals surface area contributed by atoms with E-state index in [1.165, 1.54) is 36.6 Å². The molecule has 19 heavy (non-hydrogen) atoms.